The van der Waals surface area contributed by atoms with Gasteiger partial charge in [-0.05, 0) is 61.6 Å². The van der Waals surface area contributed by atoms with Gasteiger partial charge in [-0.2, -0.15) is 4.72 Å². The van der Waals surface area contributed by atoms with Gasteiger partial charge >= 0.3 is 0 Å². The van der Waals surface area contributed by atoms with E-state index in [-0.39, 0.29) is 23.8 Å². The smallest absolute Gasteiger partial charge is 0.241 e. The fraction of sp³-hybridized carbons (Fsp3) is 0.269. The maximum Gasteiger partial charge on any atom is 0.241 e. The first-order valence-corrected chi connectivity index (χ1v) is 12.2. The lowest BCUT2D eigenvalue weighted by atomic mass is 10.1. The molecule has 0 heterocycles. The summed E-state index contributed by atoms with van der Waals surface area (Å²) in [6, 6.07) is 19.4. The number of nitrogens with one attached hydrogen (secondary N) is 2. The number of aryl methyl sites for hydroxylation is 3. The lowest BCUT2D eigenvalue weighted by Gasteiger charge is -2.21. The number of sulfonamides is 1. The maximum atomic E-state index is 13.3. The summed E-state index contributed by atoms with van der Waals surface area (Å²) >= 11 is 0. The highest BCUT2D eigenvalue weighted by atomic mass is 32.2. The van der Waals surface area contributed by atoms with Crippen molar-refractivity contribution in [1.82, 2.24) is 10.0 Å². The monoisotopic (exact) mass is 466 g/mol. The Balaban J connectivity index is 1.83. The number of rotatable bonds is 9. The number of methoxy groups -OCH3 is 1. The number of amides is 1. The molecule has 1 atom stereocenters. The highest BCUT2D eigenvalue weighted by Gasteiger charge is 2.28. The Morgan fingerprint density at radius 2 is 1.52 bits per heavy atom. The van der Waals surface area contributed by atoms with Gasteiger partial charge in [0.05, 0.1) is 12.0 Å². The van der Waals surface area contributed by atoms with Crippen molar-refractivity contribution in [3.05, 3.63) is 94.5 Å². The van der Waals surface area contributed by atoms with E-state index in [1.54, 1.807) is 21.0 Å². The molecule has 0 bridgehead atoms. The summed E-state index contributed by atoms with van der Waals surface area (Å²) in [5.74, 6) is 0.337. The SMILES string of the molecule is COc1ccc(CNC(=O)[C@H](Cc2ccccc2)NS(=O)(=O)c2c(C)cc(C)cc2C)cc1. The average molecular weight is 467 g/mol. The third-order valence-corrected chi connectivity index (χ3v) is 7.17. The Bertz CT molecular complexity index is 1180. The molecule has 7 heteroatoms. The molecule has 0 fully saturated rings. The first-order chi connectivity index (χ1) is 15.7. The van der Waals surface area contributed by atoms with E-state index in [0.717, 1.165) is 22.4 Å². The standard InChI is InChI=1S/C26H30N2O4S/c1-18-14-19(2)25(20(3)15-18)33(30,31)28-24(16-21-8-6-5-7-9-21)26(29)27-17-22-10-12-23(32-4)13-11-22/h5-15,24,28H,16-17H2,1-4H3,(H,27,29)/t24-/m0/s1. The van der Waals surface area contributed by atoms with Crippen LogP contribution in [0.1, 0.15) is 27.8 Å². The topological polar surface area (TPSA) is 84.5 Å². The maximum absolute atomic E-state index is 13.3. The van der Waals surface area contributed by atoms with E-state index in [0.29, 0.717) is 11.1 Å². The average Bonchev–Trinajstić information content (AvgIpc) is 2.77. The Morgan fingerprint density at radius 3 is 2.09 bits per heavy atom. The van der Waals surface area contributed by atoms with Crippen LogP contribution in [0.25, 0.3) is 0 Å². The zero-order valence-corrected chi connectivity index (χ0v) is 20.2. The third kappa shape index (κ3) is 6.43. The molecule has 0 saturated carbocycles. The molecular formula is C26H30N2O4S. The van der Waals surface area contributed by atoms with Crippen molar-refractivity contribution in [1.29, 1.82) is 0 Å². The van der Waals surface area contributed by atoms with E-state index >= 15 is 0 Å². The van der Waals surface area contributed by atoms with Crippen LogP contribution >= 0.6 is 0 Å². The molecule has 3 aromatic carbocycles. The second kappa shape index (κ2) is 10.6. The van der Waals surface area contributed by atoms with E-state index in [1.165, 1.54) is 0 Å². The van der Waals surface area contributed by atoms with Crippen molar-refractivity contribution in [2.45, 2.75) is 44.7 Å². The molecular weight excluding hydrogens is 436 g/mol. The third-order valence-electron chi connectivity index (χ3n) is 5.40. The van der Waals surface area contributed by atoms with Crippen LogP contribution in [0.3, 0.4) is 0 Å². The Hall–Kier alpha value is -3.16. The zero-order valence-electron chi connectivity index (χ0n) is 19.4. The Labute approximate surface area is 196 Å². The highest BCUT2D eigenvalue weighted by molar-refractivity contribution is 7.89. The van der Waals surface area contributed by atoms with Crippen LogP contribution in [-0.4, -0.2) is 27.5 Å². The molecule has 174 valence electrons. The van der Waals surface area contributed by atoms with Crippen molar-refractivity contribution < 1.29 is 17.9 Å². The van der Waals surface area contributed by atoms with Crippen molar-refractivity contribution >= 4 is 15.9 Å². The lowest BCUT2D eigenvalue weighted by Crippen LogP contribution is -2.48. The van der Waals surface area contributed by atoms with E-state index < -0.39 is 16.1 Å². The molecule has 0 unspecified atom stereocenters. The number of hydrogen-bond acceptors (Lipinski definition) is 4. The van der Waals surface area contributed by atoms with Gasteiger partial charge in [-0.25, -0.2) is 8.42 Å². The number of carbonyl (C=O) groups excluding carboxylic acids is 1. The summed E-state index contributed by atoms with van der Waals surface area (Å²) in [5, 5.41) is 2.86. The Morgan fingerprint density at radius 1 is 0.909 bits per heavy atom. The van der Waals surface area contributed by atoms with E-state index in [1.807, 2.05) is 73.7 Å². The molecule has 3 aromatic rings. The highest BCUT2D eigenvalue weighted by Crippen LogP contribution is 2.22. The van der Waals surface area contributed by atoms with Gasteiger partial charge in [0.1, 0.15) is 11.8 Å². The van der Waals surface area contributed by atoms with Crippen LogP contribution in [0.5, 0.6) is 5.75 Å². The fourth-order valence-corrected chi connectivity index (χ4v) is 5.58. The van der Waals surface area contributed by atoms with Crippen molar-refractivity contribution in [3.8, 4) is 5.75 Å². The lowest BCUT2D eigenvalue weighted by molar-refractivity contribution is -0.122. The van der Waals surface area contributed by atoms with Gasteiger partial charge in [0, 0.05) is 6.54 Å². The van der Waals surface area contributed by atoms with Crippen LogP contribution in [0, 0.1) is 20.8 Å². The van der Waals surface area contributed by atoms with E-state index in [9.17, 15) is 13.2 Å². The normalized spacial score (nSPS) is 12.2. The number of hydrogen-bond donors (Lipinski definition) is 2. The van der Waals surface area contributed by atoms with Crippen molar-refractivity contribution in [2.24, 2.45) is 0 Å². The minimum Gasteiger partial charge on any atom is -0.497 e. The minimum atomic E-state index is -3.92. The predicted octanol–water partition coefficient (Wildman–Crippen LogP) is 3.83. The predicted molar refractivity (Wildman–Crippen MR) is 130 cm³/mol. The van der Waals surface area contributed by atoms with Gasteiger partial charge in [-0.15, -0.1) is 0 Å². The summed E-state index contributed by atoms with van der Waals surface area (Å²) in [6.07, 6.45) is 0.235. The van der Waals surface area contributed by atoms with Crippen LogP contribution in [-0.2, 0) is 27.8 Å². The Kier molecular flexibility index (Phi) is 7.89. The van der Waals surface area contributed by atoms with Crippen LogP contribution in [0.15, 0.2) is 71.6 Å². The summed E-state index contributed by atoms with van der Waals surface area (Å²) in [6.45, 7) is 5.74. The molecule has 0 radical (unpaired) electrons. The van der Waals surface area contributed by atoms with Crippen LogP contribution in [0.2, 0.25) is 0 Å². The molecule has 0 spiro atoms. The zero-order chi connectivity index (χ0) is 24.0. The summed E-state index contributed by atoms with van der Waals surface area (Å²) in [5.41, 5.74) is 4.04. The molecule has 0 saturated heterocycles. The van der Waals surface area contributed by atoms with Gasteiger partial charge in [0.25, 0.3) is 0 Å². The largest absolute Gasteiger partial charge is 0.497 e. The van der Waals surface area contributed by atoms with E-state index in [2.05, 4.69) is 10.0 Å². The van der Waals surface area contributed by atoms with Crippen LogP contribution < -0.4 is 14.8 Å². The molecule has 6 nitrogen and oxygen atoms in total. The van der Waals surface area contributed by atoms with Gasteiger partial charge < -0.3 is 10.1 Å². The molecule has 0 aliphatic rings. The van der Waals surface area contributed by atoms with Crippen molar-refractivity contribution in [2.75, 3.05) is 7.11 Å². The molecule has 3 rings (SSSR count). The number of benzene rings is 3. The molecule has 1 amide bonds. The van der Waals surface area contributed by atoms with Crippen LogP contribution in [0.4, 0.5) is 0 Å². The summed E-state index contributed by atoms with van der Waals surface area (Å²) in [4.78, 5) is 13.3. The molecule has 0 aromatic heterocycles. The molecule has 0 aliphatic carbocycles. The van der Waals surface area contributed by atoms with Gasteiger partial charge in [-0.3, -0.25) is 4.79 Å². The second-order valence-corrected chi connectivity index (χ2v) is 9.81. The molecule has 2 N–H and O–H groups in total. The van der Waals surface area contributed by atoms with E-state index in [4.69, 9.17) is 4.74 Å². The quantitative estimate of drug-likeness (QED) is 0.502. The first-order valence-electron chi connectivity index (χ1n) is 10.7. The minimum absolute atomic E-state index is 0.217. The fourth-order valence-electron chi connectivity index (χ4n) is 3.93. The van der Waals surface area contributed by atoms with Gasteiger partial charge in [0.15, 0.2) is 0 Å². The first kappa shape index (κ1) is 24.5. The van der Waals surface area contributed by atoms with Crippen molar-refractivity contribution in [3.63, 3.8) is 0 Å². The molecule has 0 aliphatic heterocycles. The summed E-state index contributed by atoms with van der Waals surface area (Å²) in [7, 11) is -2.33. The summed E-state index contributed by atoms with van der Waals surface area (Å²) < 4.78 is 34.5. The number of carbonyl (C=O) groups is 1. The van der Waals surface area contributed by atoms with Gasteiger partial charge in [0.2, 0.25) is 15.9 Å². The molecule has 33 heavy (non-hydrogen) atoms. The van der Waals surface area contributed by atoms with Gasteiger partial charge in [-0.1, -0.05) is 60.2 Å². The second-order valence-electron chi connectivity index (χ2n) is 8.16. The number of ether oxygens (including phenoxy) is 1.